The Morgan fingerprint density at radius 2 is 1.83 bits per heavy atom. The van der Waals surface area contributed by atoms with Crippen molar-refractivity contribution in [2.24, 2.45) is 0 Å². The number of ether oxygens (including phenoxy) is 2. The molecule has 2 aromatic heterocycles. The number of carbonyl (C=O) groups excluding carboxylic acids is 3. The average Bonchev–Trinajstić information content (AvgIpc) is 3.30. The Morgan fingerprint density at radius 1 is 1.10 bits per heavy atom. The molecule has 0 bridgehead atoms. The van der Waals surface area contributed by atoms with Crippen molar-refractivity contribution in [3.63, 3.8) is 0 Å². The molecule has 1 aromatic carbocycles. The molecule has 1 amide bonds. The van der Waals surface area contributed by atoms with Crippen LogP contribution in [0.3, 0.4) is 0 Å². The molecule has 30 heavy (non-hydrogen) atoms. The molecule has 0 radical (unpaired) electrons. The van der Waals surface area contributed by atoms with Gasteiger partial charge in [-0.25, -0.2) is 14.6 Å². The Hall–Kier alpha value is -2.75. The van der Waals surface area contributed by atoms with Crippen molar-refractivity contribution in [3.8, 4) is 11.1 Å². The normalized spacial score (nSPS) is 10.5. The third-order valence-electron chi connectivity index (χ3n) is 3.82. The van der Waals surface area contributed by atoms with Crippen LogP contribution >= 0.6 is 34.3 Å². The maximum Gasteiger partial charge on any atom is 0.350 e. The zero-order valence-electron chi connectivity index (χ0n) is 16.1. The smallest absolute Gasteiger partial charge is 0.350 e. The number of hydrogen-bond acceptors (Lipinski definition) is 8. The van der Waals surface area contributed by atoms with Crippen LogP contribution in [-0.4, -0.2) is 36.0 Å². The van der Waals surface area contributed by atoms with Crippen LogP contribution in [0.2, 0.25) is 4.34 Å². The van der Waals surface area contributed by atoms with Crippen molar-refractivity contribution in [3.05, 3.63) is 56.3 Å². The van der Waals surface area contributed by atoms with Gasteiger partial charge >= 0.3 is 11.9 Å². The Bertz CT molecular complexity index is 1080. The van der Waals surface area contributed by atoms with Crippen molar-refractivity contribution >= 4 is 57.1 Å². The summed E-state index contributed by atoms with van der Waals surface area (Å²) in [5.41, 5.74) is 1.36. The van der Waals surface area contributed by atoms with Crippen LogP contribution in [-0.2, 0) is 14.3 Å². The van der Waals surface area contributed by atoms with Crippen LogP contribution in [0.1, 0.15) is 32.0 Å². The molecular weight excluding hydrogens is 448 g/mol. The number of aryl methyl sites for hydroxylation is 1. The van der Waals surface area contributed by atoms with E-state index in [2.05, 4.69) is 10.3 Å². The minimum absolute atomic E-state index is 0.163. The highest BCUT2D eigenvalue weighted by Gasteiger charge is 2.26. The summed E-state index contributed by atoms with van der Waals surface area (Å²) in [4.78, 5) is 41.2. The Labute approximate surface area is 185 Å². The van der Waals surface area contributed by atoms with Gasteiger partial charge in [0.1, 0.15) is 19.8 Å². The van der Waals surface area contributed by atoms with E-state index in [1.807, 2.05) is 18.2 Å². The number of esters is 2. The number of hydrogen-bond donors (Lipinski definition) is 1. The molecule has 0 saturated heterocycles. The van der Waals surface area contributed by atoms with Gasteiger partial charge in [-0.1, -0.05) is 41.9 Å². The second kappa shape index (κ2) is 9.84. The van der Waals surface area contributed by atoms with E-state index in [1.54, 1.807) is 26.0 Å². The van der Waals surface area contributed by atoms with Gasteiger partial charge in [0, 0.05) is 5.56 Å². The number of halogens is 1. The van der Waals surface area contributed by atoms with Gasteiger partial charge in [-0.3, -0.25) is 4.79 Å². The molecule has 0 spiro atoms. The van der Waals surface area contributed by atoms with Crippen molar-refractivity contribution < 1.29 is 23.9 Å². The summed E-state index contributed by atoms with van der Waals surface area (Å²) >= 11 is 8.60. The summed E-state index contributed by atoms with van der Waals surface area (Å²) in [6.07, 6.45) is 1.39. The molecule has 0 aliphatic heterocycles. The number of amides is 1. The predicted octanol–water partition coefficient (Wildman–Crippen LogP) is 4.81. The zero-order valence-corrected chi connectivity index (χ0v) is 18.5. The van der Waals surface area contributed by atoms with Crippen molar-refractivity contribution in [1.82, 2.24) is 4.98 Å². The van der Waals surface area contributed by atoms with E-state index in [1.165, 1.54) is 17.5 Å². The lowest BCUT2D eigenvalue weighted by molar-refractivity contribution is -0.119. The van der Waals surface area contributed by atoms with Gasteiger partial charge in [0.2, 0.25) is 0 Å². The van der Waals surface area contributed by atoms with E-state index in [4.69, 9.17) is 21.1 Å². The number of thiophene rings is 1. The molecular formula is C20H17ClN2O5S2. The minimum atomic E-state index is -0.643. The fourth-order valence-corrected chi connectivity index (χ4v) is 4.63. The Morgan fingerprint density at radius 3 is 2.47 bits per heavy atom. The van der Waals surface area contributed by atoms with Gasteiger partial charge in [-0.05, 0) is 19.4 Å². The molecule has 2 heterocycles. The van der Waals surface area contributed by atoms with Crippen LogP contribution in [0.5, 0.6) is 0 Å². The van der Waals surface area contributed by atoms with Gasteiger partial charge < -0.3 is 14.8 Å². The number of nitrogens with one attached hydrogen (secondary N) is 1. The molecule has 3 rings (SSSR count). The summed E-state index contributed by atoms with van der Waals surface area (Å²) in [7, 11) is 0. The lowest BCUT2D eigenvalue weighted by Gasteiger charge is -2.09. The van der Waals surface area contributed by atoms with E-state index in [-0.39, 0.29) is 17.2 Å². The number of anilines is 1. The molecule has 10 heteroatoms. The van der Waals surface area contributed by atoms with E-state index < -0.39 is 24.5 Å². The van der Waals surface area contributed by atoms with Crippen molar-refractivity contribution in [2.45, 2.75) is 13.8 Å². The Kier molecular flexibility index (Phi) is 7.20. The summed E-state index contributed by atoms with van der Waals surface area (Å²) in [6, 6.07) is 9.09. The standard InChI is InChI=1S/C20H17ClN2O5S2/c1-3-27-20(26)16-15(12-7-5-4-6-8-12)17(21)30-18(16)23-14(24)10-28-19(25)13-9-22-11(2)29-13/h4-9H,3,10H2,1-2H3,(H,23,24). The number of benzene rings is 1. The summed E-state index contributed by atoms with van der Waals surface area (Å²) in [6.45, 7) is 3.09. The first-order chi connectivity index (χ1) is 14.4. The van der Waals surface area contributed by atoms with Gasteiger partial charge in [-0.15, -0.1) is 22.7 Å². The first-order valence-electron chi connectivity index (χ1n) is 8.85. The molecule has 0 saturated carbocycles. The highest BCUT2D eigenvalue weighted by molar-refractivity contribution is 7.21. The SMILES string of the molecule is CCOC(=O)c1c(NC(=O)COC(=O)c2cnc(C)s2)sc(Cl)c1-c1ccccc1. The quantitative estimate of drug-likeness (QED) is 0.504. The van der Waals surface area contributed by atoms with Gasteiger partial charge in [-0.2, -0.15) is 0 Å². The molecule has 0 unspecified atom stereocenters. The monoisotopic (exact) mass is 464 g/mol. The highest BCUT2D eigenvalue weighted by atomic mass is 35.5. The van der Waals surface area contributed by atoms with Crippen LogP contribution in [0.4, 0.5) is 5.00 Å². The molecule has 0 atom stereocenters. The number of rotatable bonds is 7. The Balaban J connectivity index is 1.80. The van der Waals surface area contributed by atoms with E-state index in [0.717, 1.165) is 11.3 Å². The summed E-state index contributed by atoms with van der Waals surface area (Å²) in [5, 5.41) is 3.54. The van der Waals surface area contributed by atoms with Crippen molar-refractivity contribution in [1.29, 1.82) is 0 Å². The van der Waals surface area contributed by atoms with Crippen molar-refractivity contribution in [2.75, 3.05) is 18.5 Å². The van der Waals surface area contributed by atoms with E-state index in [9.17, 15) is 14.4 Å². The fraction of sp³-hybridized carbons (Fsp3) is 0.200. The largest absolute Gasteiger partial charge is 0.462 e. The maximum atomic E-state index is 12.6. The second-order valence-electron chi connectivity index (χ2n) is 5.91. The molecule has 156 valence electrons. The van der Waals surface area contributed by atoms with E-state index in [0.29, 0.717) is 25.3 Å². The molecule has 3 aromatic rings. The number of carbonyl (C=O) groups is 3. The highest BCUT2D eigenvalue weighted by Crippen LogP contribution is 2.43. The molecule has 7 nitrogen and oxygen atoms in total. The van der Waals surface area contributed by atoms with Gasteiger partial charge in [0.25, 0.3) is 5.91 Å². The molecule has 0 aliphatic carbocycles. The van der Waals surface area contributed by atoms with E-state index >= 15 is 0 Å². The summed E-state index contributed by atoms with van der Waals surface area (Å²) in [5.74, 6) is -1.85. The predicted molar refractivity (Wildman–Crippen MR) is 116 cm³/mol. The summed E-state index contributed by atoms with van der Waals surface area (Å²) < 4.78 is 10.5. The molecule has 1 N–H and O–H groups in total. The minimum Gasteiger partial charge on any atom is -0.462 e. The maximum absolute atomic E-state index is 12.6. The average molecular weight is 465 g/mol. The third-order valence-corrected chi connectivity index (χ3v) is 6.02. The number of nitrogens with zero attached hydrogens (tertiary/aromatic N) is 1. The number of aromatic nitrogens is 1. The molecule has 0 aliphatic rings. The van der Waals surface area contributed by atoms with Crippen LogP contribution in [0.25, 0.3) is 11.1 Å². The van der Waals surface area contributed by atoms with Crippen LogP contribution in [0.15, 0.2) is 36.5 Å². The first-order valence-corrected chi connectivity index (χ1v) is 10.9. The van der Waals surface area contributed by atoms with Gasteiger partial charge in [0.15, 0.2) is 6.61 Å². The third kappa shape index (κ3) is 5.05. The number of thiazole rings is 1. The lowest BCUT2D eigenvalue weighted by atomic mass is 10.0. The second-order valence-corrected chi connectivity index (χ2v) is 8.77. The van der Waals surface area contributed by atoms with Gasteiger partial charge in [0.05, 0.1) is 17.8 Å². The van der Waals surface area contributed by atoms with Crippen LogP contribution in [0, 0.1) is 6.92 Å². The van der Waals surface area contributed by atoms with Crippen LogP contribution < -0.4 is 5.32 Å². The first kappa shape index (κ1) is 21.9. The topological polar surface area (TPSA) is 94.6 Å². The molecule has 0 fully saturated rings. The fourth-order valence-electron chi connectivity index (χ4n) is 2.57. The zero-order chi connectivity index (χ0) is 21.7. The lowest BCUT2D eigenvalue weighted by Crippen LogP contribution is -2.21.